The predicted octanol–water partition coefficient (Wildman–Crippen LogP) is 2.13. The van der Waals surface area contributed by atoms with Gasteiger partial charge >= 0.3 is 0 Å². The molecule has 1 heterocycles. The van der Waals surface area contributed by atoms with Crippen molar-refractivity contribution in [1.82, 2.24) is 9.80 Å². The molecule has 0 spiro atoms. The minimum absolute atomic E-state index is 0.0786. The largest absolute Gasteiger partial charge is 0.396 e. The van der Waals surface area contributed by atoms with E-state index in [4.69, 9.17) is 0 Å². The van der Waals surface area contributed by atoms with Crippen LogP contribution in [0.1, 0.15) is 32.3 Å². The average molecular weight is 304 g/mol. The highest BCUT2D eigenvalue weighted by atomic mass is 16.3. The molecular formula is C18H28N2O2. The smallest absolute Gasteiger partial charge is 0.239 e. The summed E-state index contributed by atoms with van der Waals surface area (Å²) in [7, 11) is 1.86. The molecule has 22 heavy (non-hydrogen) atoms. The van der Waals surface area contributed by atoms with Gasteiger partial charge in [0.05, 0.1) is 6.04 Å². The molecule has 1 aliphatic heterocycles. The zero-order chi connectivity index (χ0) is 16.2. The molecule has 0 aliphatic carbocycles. The quantitative estimate of drug-likeness (QED) is 0.906. The number of hydrogen-bond acceptors (Lipinski definition) is 3. The third-order valence-electron chi connectivity index (χ3n) is 4.74. The van der Waals surface area contributed by atoms with Crippen molar-refractivity contribution < 1.29 is 9.90 Å². The third kappa shape index (κ3) is 4.08. The number of hydrogen-bond donors (Lipinski definition) is 1. The number of benzene rings is 1. The minimum atomic E-state index is -0.139. The van der Waals surface area contributed by atoms with Gasteiger partial charge in [-0.25, -0.2) is 0 Å². The second-order valence-corrected chi connectivity index (χ2v) is 6.90. The van der Waals surface area contributed by atoms with Crippen LogP contribution in [0.2, 0.25) is 0 Å². The lowest BCUT2D eigenvalue weighted by atomic mass is 9.82. The Morgan fingerprint density at radius 2 is 2.09 bits per heavy atom. The zero-order valence-electron chi connectivity index (χ0n) is 14.0. The lowest BCUT2D eigenvalue weighted by Gasteiger charge is -2.42. The van der Waals surface area contributed by atoms with Crippen LogP contribution in [-0.2, 0) is 11.3 Å². The summed E-state index contributed by atoms with van der Waals surface area (Å²) in [5.74, 6) is 0.144. The number of likely N-dealkylation sites (N-methyl/N-ethyl adjacent to an activating group) is 1. The number of piperidine rings is 1. The Bertz CT molecular complexity index is 491. The first-order chi connectivity index (χ1) is 10.4. The van der Waals surface area contributed by atoms with Crippen molar-refractivity contribution in [2.75, 3.05) is 26.7 Å². The minimum Gasteiger partial charge on any atom is -0.396 e. The lowest BCUT2D eigenvalue weighted by molar-refractivity contribution is -0.137. The molecule has 2 unspecified atom stereocenters. The van der Waals surface area contributed by atoms with Crippen LogP contribution >= 0.6 is 0 Å². The maximum absolute atomic E-state index is 12.7. The number of likely N-dealkylation sites (tertiary alicyclic amines) is 1. The monoisotopic (exact) mass is 304 g/mol. The summed E-state index contributed by atoms with van der Waals surface area (Å²) in [6, 6.07) is 9.91. The molecule has 2 rings (SSSR count). The number of rotatable bonds is 5. The van der Waals surface area contributed by atoms with Crippen LogP contribution in [0.25, 0.3) is 0 Å². The van der Waals surface area contributed by atoms with Gasteiger partial charge in [-0.15, -0.1) is 0 Å². The van der Waals surface area contributed by atoms with E-state index < -0.39 is 0 Å². The predicted molar refractivity (Wildman–Crippen MR) is 88.4 cm³/mol. The second kappa shape index (κ2) is 7.25. The van der Waals surface area contributed by atoms with Crippen molar-refractivity contribution >= 4 is 5.91 Å². The fourth-order valence-electron chi connectivity index (χ4n) is 3.23. The van der Waals surface area contributed by atoms with Gasteiger partial charge in [-0.05, 0) is 31.9 Å². The van der Waals surface area contributed by atoms with E-state index in [0.717, 1.165) is 31.5 Å². The molecule has 1 aliphatic rings. The van der Waals surface area contributed by atoms with E-state index in [0.29, 0.717) is 6.54 Å². The maximum Gasteiger partial charge on any atom is 0.239 e. The average Bonchev–Trinajstić information content (AvgIpc) is 2.54. The van der Waals surface area contributed by atoms with Crippen molar-refractivity contribution in [2.45, 2.75) is 39.3 Å². The Balaban J connectivity index is 1.96. The highest BCUT2D eigenvalue weighted by Gasteiger charge is 2.35. The molecule has 1 amide bonds. The van der Waals surface area contributed by atoms with Crippen molar-refractivity contribution in [2.24, 2.45) is 5.41 Å². The van der Waals surface area contributed by atoms with Gasteiger partial charge in [0.1, 0.15) is 0 Å². The van der Waals surface area contributed by atoms with Crippen LogP contribution in [0, 0.1) is 5.41 Å². The van der Waals surface area contributed by atoms with Crippen LogP contribution in [-0.4, -0.2) is 53.6 Å². The molecular weight excluding hydrogens is 276 g/mol. The summed E-state index contributed by atoms with van der Waals surface area (Å²) in [5, 5.41) is 9.57. The molecule has 1 fully saturated rings. The van der Waals surface area contributed by atoms with Crippen molar-refractivity contribution in [3.05, 3.63) is 35.9 Å². The van der Waals surface area contributed by atoms with Crippen LogP contribution in [0.15, 0.2) is 30.3 Å². The fraction of sp³-hybridized carbons (Fsp3) is 0.611. The van der Waals surface area contributed by atoms with Crippen molar-refractivity contribution in [3.8, 4) is 0 Å². The van der Waals surface area contributed by atoms with E-state index in [1.54, 1.807) is 4.90 Å². The highest BCUT2D eigenvalue weighted by molar-refractivity contribution is 5.81. The van der Waals surface area contributed by atoms with Crippen molar-refractivity contribution in [1.29, 1.82) is 0 Å². The number of aliphatic hydroxyl groups excluding tert-OH is 1. The van der Waals surface area contributed by atoms with Crippen LogP contribution in [0.5, 0.6) is 0 Å². The molecule has 0 saturated carbocycles. The molecule has 0 radical (unpaired) electrons. The van der Waals surface area contributed by atoms with Gasteiger partial charge in [0, 0.05) is 32.2 Å². The molecule has 1 saturated heterocycles. The van der Waals surface area contributed by atoms with Crippen molar-refractivity contribution in [3.63, 3.8) is 0 Å². The topological polar surface area (TPSA) is 43.8 Å². The molecule has 0 bridgehead atoms. The second-order valence-electron chi connectivity index (χ2n) is 6.90. The highest BCUT2D eigenvalue weighted by Crippen LogP contribution is 2.30. The summed E-state index contributed by atoms with van der Waals surface area (Å²) in [4.78, 5) is 16.7. The first kappa shape index (κ1) is 17.0. The van der Waals surface area contributed by atoms with Crippen LogP contribution in [0.4, 0.5) is 0 Å². The Morgan fingerprint density at radius 1 is 1.41 bits per heavy atom. The molecule has 0 aromatic heterocycles. The SMILES string of the molecule is CC(C(=O)N(C)Cc1ccccc1)N1CCCC(C)(CO)C1. The van der Waals surface area contributed by atoms with Crippen LogP contribution < -0.4 is 0 Å². The lowest BCUT2D eigenvalue weighted by Crippen LogP contribution is -2.52. The van der Waals surface area contributed by atoms with Gasteiger partial charge in [0.15, 0.2) is 0 Å². The number of carbonyl (C=O) groups excluding carboxylic acids is 1. The number of nitrogens with zero attached hydrogens (tertiary/aromatic N) is 2. The Kier molecular flexibility index (Phi) is 5.59. The standard InChI is InChI=1S/C18H28N2O2/c1-15(20-11-7-10-18(2,13-20)14-21)17(22)19(3)12-16-8-5-4-6-9-16/h4-6,8-9,15,21H,7,10-14H2,1-3H3. The number of aliphatic hydroxyl groups is 1. The normalized spacial score (nSPS) is 24.0. The third-order valence-corrected chi connectivity index (χ3v) is 4.74. The van der Waals surface area contributed by atoms with E-state index >= 15 is 0 Å². The Hall–Kier alpha value is -1.39. The summed E-state index contributed by atoms with van der Waals surface area (Å²) in [6.07, 6.45) is 2.07. The van der Waals surface area contributed by atoms with E-state index in [-0.39, 0.29) is 24.0 Å². The molecule has 122 valence electrons. The first-order valence-corrected chi connectivity index (χ1v) is 8.09. The number of amides is 1. The van der Waals surface area contributed by atoms with Gasteiger partial charge < -0.3 is 10.0 Å². The summed E-state index contributed by atoms with van der Waals surface area (Å²) >= 11 is 0. The van der Waals surface area contributed by atoms with Gasteiger partial charge in [0.25, 0.3) is 0 Å². The molecule has 2 atom stereocenters. The summed E-state index contributed by atoms with van der Waals surface area (Å²) < 4.78 is 0. The Morgan fingerprint density at radius 3 is 2.73 bits per heavy atom. The zero-order valence-corrected chi connectivity index (χ0v) is 14.0. The Labute approximate surface area is 133 Å². The van der Waals surface area contributed by atoms with Gasteiger partial charge in [0.2, 0.25) is 5.91 Å². The maximum atomic E-state index is 12.7. The van der Waals surface area contributed by atoms with E-state index in [1.807, 2.05) is 44.3 Å². The number of carbonyl (C=O) groups is 1. The summed E-state index contributed by atoms with van der Waals surface area (Å²) in [6.45, 7) is 6.62. The van der Waals surface area contributed by atoms with Gasteiger partial charge in [-0.2, -0.15) is 0 Å². The van der Waals surface area contributed by atoms with E-state index in [9.17, 15) is 9.90 Å². The van der Waals surface area contributed by atoms with E-state index in [2.05, 4.69) is 11.8 Å². The summed E-state index contributed by atoms with van der Waals surface area (Å²) in [5.41, 5.74) is 1.06. The molecule has 1 aromatic rings. The fourth-order valence-corrected chi connectivity index (χ4v) is 3.23. The van der Waals surface area contributed by atoms with E-state index in [1.165, 1.54) is 0 Å². The molecule has 4 nitrogen and oxygen atoms in total. The van der Waals surface area contributed by atoms with Gasteiger partial charge in [-0.1, -0.05) is 37.3 Å². The molecule has 4 heteroatoms. The first-order valence-electron chi connectivity index (χ1n) is 8.09. The van der Waals surface area contributed by atoms with Crippen LogP contribution in [0.3, 0.4) is 0 Å². The molecule has 1 aromatic carbocycles. The molecule has 1 N–H and O–H groups in total. The van der Waals surface area contributed by atoms with Gasteiger partial charge in [-0.3, -0.25) is 9.69 Å².